The molecule has 3 rings (SSSR count). The second kappa shape index (κ2) is 10.2. The van der Waals surface area contributed by atoms with Crippen molar-refractivity contribution in [2.24, 2.45) is 5.92 Å². The van der Waals surface area contributed by atoms with Crippen molar-refractivity contribution in [3.05, 3.63) is 48.2 Å². The quantitative estimate of drug-likeness (QED) is 0.730. The van der Waals surface area contributed by atoms with Crippen LogP contribution >= 0.6 is 0 Å². The van der Waals surface area contributed by atoms with E-state index in [9.17, 15) is 9.59 Å². The first-order chi connectivity index (χ1) is 14.5. The van der Waals surface area contributed by atoms with Crippen LogP contribution < -0.4 is 15.4 Å². The zero-order chi connectivity index (χ0) is 21.5. The van der Waals surface area contributed by atoms with Gasteiger partial charge in [-0.3, -0.25) is 14.5 Å². The van der Waals surface area contributed by atoms with Gasteiger partial charge in [0.25, 0.3) is 0 Å². The maximum atomic E-state index is 12.7. The van der Waals surface area contributed by atoms with Crippen molar-refractivity contribution in [1.29, 1.82) is 0 Å². The van der Waals surface area contributed by atoms with Crippen LogP contribution in [0.15, 0.2) is 42.6 Å². The third kappa shape index (κ3) is 5.79. The lowest BCUT2D eigenvalue weighted by atomic mass is 9.96. The second-order valence-electron chi connectivity index (χ2n) is 7.67. The Kier molecular flexibility index (Phi) is 7.41. The van der Waals surface area contributed by atoms with Crippen molar-refractivity contribution in [1.82, 2.24) is 9.88 Å². The molecule has 7 heteroatoms. The van der Waals surface area contributed by atoms with Gasteiger partial charge in [0.15, 0.2) is 0 Å². The molecule has 2 amide bonds. The van der Waals surface area contributed by atoms with Gasteiger partial charge < -0.3 is 15.4 Å². The van der Waals surface area contributed by atoms with Crippen LogP contribution in [0, 0.1) is 12.8 Å². The number of anilines is 2. The molecule has 0 spiro atoms. The summed E-state index contributed by atoms with van der Waals surface area (Å²) in [5.74, 6) is 1.04. The summed E-state index contributed by atoms with van der Waals surface area (Å²) in [6.07, 6.45) is 3.41. The number of aromatic nitrogens is 1. The number of benzene rings is 1. The highest BCUT2D eigenvalue weighted by molar-refractivity contribution is 5.95. The highest BCUT2D eigenvalue weighted by atomic mass is 16.5. The normalized spacial score (nSPS) is 17.8. The van der Waals surface area contributed by atoms with E-state index in [-0.39, 0.29) is 23.8 Å². The van der Waals surface area contributed by atoms with Crippen LogP contribution in [0.5, 0.6) is 5.75 Å². The Morgan fingerprint density at radius 1 is 1.20 bits per heavy atom. The van der Waals surface area contributed by atoms with E-state index in [0.29, 0.717) is 19.0 Å². The summed E-state index contributed by atoms with van der Waals surface area (Å²) in [4.78, 5) is 31.7. The number of pyridine rings is 1. The number of amides is 2. The number of carbonyl (C=O) groups is 2. The third-order valence-electron chi connectivity index (χ3n) is 5.35. The van der Waals surface area contributed by atoms with Crippen molar-refractivity contribution in [2.45, 2.75) is 39.7 Å². The van der Waals surface area contributed by atoms with Crippen LogP contribution in [0.25, 0.3) is 0 Å². The number of hydrogen-bond acceptors (Lipinski definition) is 5. The maximum absolute atomic E-state index is 12.7. The fourth-order valence-corrected chi connectivity index (χ4v) is 3.56. The minimum Gasteiger partial charge on any atom is -0.494 e. The van der Waals surface area contributed by atoms with Gasteiger partial charge in [-0.1, -0.05) is 6.07 Å². The number of ether oxygens (including phenoxy) is 1. The molecule has 0 bridgehead atoms. The average Bonchev–Trinajstić information content (AvgIpc) is 2.76. The molecule has 0 saturated carbocycles. The molecule has 1 aromatic carbocycles. The predicted molar refractivity (Wildman–Crippen MR) is 118 cm³/mol. The van der Waals surface area contributed by atoms with Gasteiger partial charge >= 0.3 is 0 Å². The number of aryl methyl sites for hydroxylation is 1. The van der Waals surface area contributed by atoms with E-state index in [4.69, 9.17) is 4.74 Å². The molecule has 1 fully saturated rings. The summed E-state index contributed by atoms with van der Waals surface area (Å²) in [6, 6.07) is 10.7. The van der Waals surface area contributed by atoms with Crippen LogP contribution in [0.1, 0.15) is 32.3 Å². The lowest BCUT2D eigenvalue weighted by Gasteiger charge is -2.35. The van der Waals surface area contributed by atoms with Gasteiger partial charge in [-0.25, -0.2) is 4.98 Å². The standard InChI is InChI=1S/C23H30N4O3/c1-4-30-20-10-8-19(9-11-20)25-22(28)17(3)27-13-5-6-18(15-27)23(29)26-21-12-7-16(2)14-24-21/h7-12,14,17-18H,4-6,13,15H2,1-3H3,(H,25,28)(H,24,26,29). The van der Waals surface area contributed by atoms with Gasteiger partial charge in [0.2, 0.25) is 11.8 Å². The first-order valence-corrected chi connectivity index (χ1v) is 10.5. The molecular weight excluding hydrogens is 380 g/mol. The van der Waals surface area contributed by atoms with Crippen LogP contribution in [-0.2, 0) is 9.59 Å². The number of nitrogens with one attached hydrogen (secondary N) is 2. The van der Waals surface area contributed by atoms with E-state index >= 15 is 0 Å². The Bertz CT molecular complexity index is 852. The van der Waals surface area contributed by atoms with Gasteiger partial charge in [0.05, 0.1) is 18.6 Å². The molecular formula is C23H30N4O3. The number of likely N-dealkylation sites (tertiary alicyclic amines) is 1. The number of piperidine rings is 1. The molecule has 30 heavy (non-hydrogen) atoms. The highest BCUT2D eigenvalue weighted by Gasteiger charge is 2.31. The van der Waals surface area contributed by atoms with Crippen molar-refractivity contribution in [3.63, 3.8) is 0 Å². The Balaban J connectivity index is 1.54. The molecule has 1 saturated heterocycles. The monoisotopic (exact) mass is 410 g/mol. The molecule has 1 aliphatic rings. The summed E-state index contributed by atoms with van der Waals surface area (Å²) in [5, 5.41) is 5.84. The minimum absolute atomic E-state index is 0.0461. The largest absolute Gasteiger partial charge is 0.494 e. The van der Waals surface area contributed by atoms with Crippen LogP contribution in [0.2, 0.25) is 0 Å². The van der Waals surface area contributed by atoms with Gasteiger partial charge in [-0.05, 0) is 76.1 Å². The molecule has 2 heterocycles. The Labute approximate surface area is 177 Å². The predicted octanol–water partition coefficient (Wildman–Crippen LogP) is 3.47. The fourth-order valence-electron chi connectivity index (χ4n) is 3.56. The maximum Gasteiger partial charge on any atom is 0.241 e. The molecule has 2 N–H and O–H groups in total. The van der Waals surface area contributed by atoms with Crippen molar-refractivity contribution in [3.8, 4) is 5.75 Å². The summed E-state index contributed by atoms with van der Waals surface area (Å²) >= 11 is 0. The topological polar surface area (TPSA) is 83.6 Å². The Morgan fingerprint density at radius 3 is 2.63 bits per heavy atom. The lowest BCUT2D eigenvalue weighted by Crippen LogP contribution is -2.49. The van der Waals surface area contributed by atoms with Crippen LogP contribution in [0.4, 0.5) is 11.5 Å². The van der Waals surface area contributed by atoms with Crippen molar-refractivity contribution < 1.29 is 14.3 Å². The van der Waals surface area contributed by atoms with E-state index in [2.05, 4.69) is 20.5 Å². The zero-order valence-electron chi connectivity index (χ0n) is 17.9. The summed E-state index contributed by atoms with van der Waals surface area (Å²) < 4.78 is 5.43. The van der Waals surface area contributed by atoms with Gasteiger partial charge in [-0.2, -0.15) is 0 Å². The van der Waals surface area contributed by atoms with E-state index in [1.54, 1.807) is 12.3 Å². The fraction of sp³-hybridized carbons (Fsp3) is 0.435. The van der Waals surface area contributed by atoms with Crippen LogP contribution in [-0.4, -0.2) is 47.4 Å². The minimum atomic E-state index is -0.329. The molecule has 2 atom stereocenters. The SMILES string of the molecule is CCOc1ccc(NC(=O)C(C)N2CCCC(C(=O)Nc3ccc(C)cn3)C2)cc1. The van der Waals surface area contributed by atoms with Crippen molar-refractivity contribution >= 4 is 23.3 Å². The molecule has 0 radical (unpaired) electrons. The zero-order valence-corrected chi connectivity index (χ0v) is 17.9. The van der Waals surface area contributed by atoms with Gasteiger partial charge in [0.1, 0.15) is 11.6 Å². The molecule has 1 aliphatic heterocycles. The first kappa shape index (κ1) is 21.8. The summed E-state index contributed by atoms with van der Waals surface area (Å²) in [6.45, 7) is 7.72. The molecule has 1 aromatic heterocycles. The highest BCUT2D eigenvalue weighted by Crippen LogP contribution is 2.21. The Hall–Kier alpha value is -2.93. The molecule has 2 aromatic rings. The second-order valence-corrected chi connectivity index (χ2v) is 7.67. The smallest absolute Gasteiger partial charge is 0.241 e. The van der Waals surface area contributed by atoms with Crippen LogP contribution in [0.3, 0.4) is 0 Å². The van der Waals surface area contributed by atoms with Gasteiger partial charge in [0, 0.05) is 18.4 Å². The average molecular weight is 411 g/mol. The lowest BCUT2D eigenvalue weighted by molar-refractivity contribution is -0.125. The molecule has 2 unspecified atom stereocenters. The summed E-state index contributed by atoms with van der Waals surface area (Å²) in [7, 11) is 0. The number of carbonyl (C=O) groups excluding carboxylic acids is 2. The first-order valence-electron chi connectivity index (χ1n) is 10.5. The summed E-state index contributed by atoms with van der Waals surface area (Å²) in [5.41, 5.74) is 1.77. The van der Waals surface area contributed by atoms with E-state index in [1.807, 2.05) is 51.1 Å². The van der Waals surface area contributed by atoms with Gasteiger partial charge in [-0.15, -0.1) is 0 Å². The van der Waals surface area contributed by atoms with Crippen molar-refractivity contribution in [2.75, 3.05) is 30.3 Å². The number of nitrogens with zero attached hydrogens (tertiary/aromatic N) is 2. The van der Waals surface area contributed by atoms with E-state index in [0.717, 1.165) is 36.4 Å². The number of rotatable bonds is 7. The third-order valence-corrected chi connectivity index (χ3v) is 5.35. The Morgan fingerprint density at radius 2 is 1.97 bits per heavy atom. The van der Waals surface area contributed by atoms with E-state index < -0.39 is 0 Å². The van der Waals surface area contributed by atoms with E-state index in [1.165, 1.54) is 0 Å². The number of hydrogen-bond donors (Lipinski definition) is 2. The molecule has 160 valence electrons. The molecule has 0 aliphatic carbocycles. The molecule has 7 nitrogen and oxygen atoms in total.